The summed E-state index contributed by atoms with van der Waals surface area (Å²) < 4.78 is 0. The van der Waals surface area contributed by atoms with Gasteiger partial charge in [0, 0.05) is 6.04 Å². The van der Waals surface area contributed by atoms with Crippen molar-refractivity contribution in [2.75, 3.05) is 0 Å². The highest BCUT2D eigenvalue weighted by atomic mass is 16.4. The molecule has 0 aliphatic heterocycles. The first-order valence-electron chi connectivity index (χ1n) is 2.69. The third kappa shape index (κ3) is 3.93. The van der Waals surface area contributed by atoms with Gasteiger partial charge in [-0.2, -0.15) is 0 Å². The van der Waals surface area contributed by atoms with Crippen molar-refractivity contribution in [3.63, 3.8) is 0 Å². The van der Waals surface area contributed by atoms with Gasteiger partial charge in [0.1, 0.15) is 0 Å². The summed E-state index contributed by atoms with van der Waals surface area (Å²) in [6.45, 7) is 1.47. The number of carbonyl (C=O) groups is 1. The van der Waals surface area contributed by atoms with Gasteiger partial charge in [0.15, 0.2) is 0 Å². The van der Waals surface area contributed by atoms with Crippen LogP contribution in [0.25, 0.3) is 0 Å². The van der Waals surface area contributed by atoms with Crippen LogP contribution in [-0.2, 0) is 4.79 Å². The van der Waals surface area contributed by atoms with E-state index in [1.54, 1.807) is 0 Å². The average molecular weight is 133 g/mol. The molecule has 0 unspecified atom stereocenters. The maximum atomic E-state index is 9.92. The van der Waals surface area contributed by atoms with E-state index in [1.807, 2.05) is 0 Å². The normalized spacial score (nSPS) is 16.8. The van der Waals surface area contributed by atoms with E-state index in [-0.39, 0.29) is 6.42 Å². The number of hydrogen-bond donors (Lipinski definition) is 3. The Balaban J connectivity index is 3.50. The number of aliphatic carboxylic acids is 1. The molecule has 0 aromatic carbocycles. The fraction of sp³-hybridized carbons (Fsp3) is 0.800. The summed E-state index contributed by atoms with van der Waals surface area (Å²) in [4.78, 5) is 9.92. The van der Waals surface area contributed by atoms with Crippen molar-refractivity contribution in [2.45, 2.75) is 25.5 Å². The van der Waals surface area contributed by atoms with Gasteiger partial charge in [0.25, 0.3) is 0 Å². The second kappa shape index (κ2) is 3.42. The molecule has 0 aromatic heterocycles. The minimum atomic E-state index is -0.983. The lowest BCUT2D eigenvalue weighted by molar-refractivity contribution is -0.138. The molecule has 0 radical (unpaired) electrons. The number of aliphatic hydroxyl groups excluding tert-OH is 1. The highest BCUT2D eigenvalue weighted by Gasteiger charge is 2.12. The van der Waals surface area contributed by atoms with Gasteiger partial charge in [-0.05, 0) is 6.92 Å². The molecule has 4 heteroatoms. The zero-order valence-electron chi connectivity index (χ0n) is 5.24. The Labute approximate surface area is 53.3 Å². The van der Waals surface area contributed by atoms with E-state index < -0.39 is 18.1 Å². The summed E-state index contributed by atoms with van der Waals surface area (Å²) in [5, 5.41) is 16.8. The standard InChI is InChI=1S/C5H11NO3/c1-3(7)4(6)2-5(8)9/h3-4,7H,2,6H2,1H3,(H,8,9)/t3-,4-/m0/s1. The van der Waals surface area contributed by atoms with E-state index >= 15 is 0 Å². The molecule has 2 atom stereocenters. The molecular weight excluding hydrogens is 122 g/mol. The van der Waals surface area contributed by atoms with Gasteiger partial charge in [-0.25, -0.2) is 0 Å². The summed E-state index contributed by atoms with van der Waals surface area (Å²) in [7, 11) is 0. The maximum absolute atomic E-state index is 9.92. The monoisotopic (exact) mass is 133 g/mol. The molecule has 4 N–H and O–H groups in total. The van der Waals surface area contributed by atoms with Crippen LogP contribution in [0.2, 0.25) is 0 Å². The number of rotatable bonds is 3. The van der Waals surface area contributed by atoms with Crippen LogP contribution in [0.3, 0.4) is 0 Å². The molecule has 9 heavy (non-hydrogen) atoms. The molecule has 0 aliphatic rings. The Morgan fingerprint density at radius 3 is 2.33 bits per heavy atom. The van der Waals surface area contributed by atoms with Crippen molar-refractivity contribution in [1.29, 1.82) is 0 Å². The van der Waals surface area contributed by atoms with Crippen molar-refractivity contribution in [2.24, 2.45) is 5.73 Å². The van der Waals surface area contributed by atoms with Crippen molar-refractivity contribution < 1.29 is 15.0 Å². The first-order chi connectivity index (χ1) is 4.04. The van der Waals surface area contributed by atoms with Gasteiger partial charge in [0.2, 0.25) is 0 Å². The molecule has 0 saturated heterocycles. The topological polar surface area (TPSA) is 83.5 Å². The summed E-state index contributed by atoms with van der Waals surface area (Å²) >= 11 is 0. The molecule has 0 amide bonds. The smallest absolute Gasteiger partial charge is 0.305 e. The molecule has 54 valence electrons. The highest BCUT2D eigenvalue weighted by Crippen LogP contribution is 1.93. The molecule has 0 aliphatic carbocycles. The molecule has 0 heterocycles. The number of carboxylic acid groups (broad SMARTS) is 1. The molecule has 4 nitrogen and oxygen atoms in total. The van der Waals surface area contributed by atoms with Gasteiger partial charge >= 0.3 is 5.97 Å². The Morgan fingerprint density at radius 2 is 2.22 bits per heavy atom. The Morgan fingerprint density at radius 1 is 1.78 bits per heavy atom. The van der Waals surface area contributed by atoms with Gasteiger partial charge in [-0.1, -0.05) is 0 Å². The van der Waals surface area contributed by atoms with Gasteiger partial charge in [-0.3, -0.25) is 4.79 Å². The SMILES string of the molecule is C[C@H](O)[C@@H](N)CC(=O)O. The van der Waals surface area contributed by atoms with Crippen LogP contribution in [0, 0.1) is 0 Å². The van der Waals surface area contributed by atoms with E-state index in [0.717, 1.165) is 0 Å². The number of carboxylic acids is 1. The molecule has 0 spiro atoms. The minimum Gasteiger partial charge on any atom is -0.481 e. The first-order valence-corrected chi connectivity index (χ1v) is 2.69. The van der Waals surface area contributed by atoms with Crippen LogP contribution >= 0.6 is 0 Å². The lowest BCUT2D eigenvalue weighted by Crippen LogP contribution is -2.34. The Bertz CT molecular complexity index is 102. The fourth-order valence-corrected chi connectivity index (χ4v) is 0.372. The molecular formula is C5H11NO3. The predicted octanol–water partition coefficient (Wildman–Crippen LogP) is -0.831. The molecule has 0 bridgehead atoms. The van der Waals surface area contributed by atoms with Gasteiger partial charge in [-0.15, -0.1) is 0 Å². The second-order valence-electron chi connectivity index (χ2n) is 2.00. The quantitative estimate of drug-likeness (QED) is 0.469. The third-order valence-electron chi connectivity index (χ3n) is 1.03. The number of hydrogen-bond acceptors (Lipinski definition) is 3. The van der Waals surface area contributed by atoms with Crippen LogP contribution in [0.1, 0.15) is 13.3 Å². The number of aliphatic hydroxyl groups is 1. The lowest BCUT2D eigenvalue weighted by atomic mass is 10.1. The van der Waals surface area contributed by atoms with E-state index in [1.165, 1.54) is 6.92 Å². The average Bonchev–Trinajstić information content (AvgIpc) is 1.63. The van der Waals surface area contributed by atoms with Crippen molar-refractivity contribution in [3.8, 4) is 0 Å². The van der Waals surface area contributed by atoms with Crippen LogP contribution in [-0.4, -0.2) is 28.3 Å². The second-order valence-corrected chi connectivity index (χ2v) is 2.00. The lowest BCUT2D eigenvalue weighted by Gasteiger charge is -2.10. The van der Waals surface area contributed by atoms with Crippen molar-refractivity contribution in [1.82, 2.24) is 0 Å². The van der Waals surface area contributed by atoms with Crippen LogP contribution in [0.4, 0.5) is 0 Å². The molecule has 0 saturated carbocycles. The largest absolute Gasteiger partial charge is 0.481 e. The fourth-order valence-electron chi connectivity index (χ4n) is 0.372. The summed E-state index contributed by atoms with van der Waals surface area (Å²) in [5.41, 5.74) is 5.19. The van der Waals surface area contributed by atoms with Crippen molar-refractivity contribution >= 4 is 5.97 Å². The van der Waals surface area contributed by atoms with E-state index in [9.17, 15) is 4.79 Å². The molecule has 0 fully saturated rings. The molecule has 0 rings (SSSR count). The van der Waals surface area contributed by atoms with E-state index in [2.05, 4.69) is 0 Å². The Kier molecular flexibility index (Phi) is 3.19. The minimum absolute atomic E-state index is 0.183. The van der Waals surface area contributed by atoms with E-state index in [4.69, 9.17) is 15.9 Å². The zero-order valence-corrected chi connectivity index (χ0v) is 5.24. The summed E-state index contributed by atoms with van der Waals surface area (Å²) in [6, 6.07) is -0.650. The van der Waals surface area contributed by atoms with Crippen LogP contribution in [0.15, 0.2) is 0 Å². The third-order valence-corrected chi connectivity index (χ3v) is 1.03. The summed E-state index contributed by atoms with van der Waals surface area (Å²) in [5.74, 6) is -0.983. The maximum Gasteiger partial charge on any atom is 0.305 e. The van der Waals surface area contributed by atoms with Gasteiger partial charge < -0.3 is 15.9 Å². The predicted molar refractivity (Wildman–Crippen MR) is 31.9 cm³/mol. The molecule has 0 aromatic rings. The first kappa shape index (κ1) is 8.39. The Hall–Kier alpha value is -0.610. The number of nitrogens with two attached hydrogens (primary N) is 1. The zero-order chi connectivity index (χ0) is 7.44. The summed E-state index contributed by atoms with van der Waals surface area (Å²) in [6.07, 6.45) is -0.932. The highest BCUT2D eigenvalue weighted by molar-refractivity contribution is 5.67. The van der Waals surface area contributed by atoms with Crippen molar-refractivity contribution in [3.05, 3.63) is 0 Å². The van der Waals surface area contributed by atoms with Crippen LogP contribution in [0.5, 0.6) is 0 Å². The van der Waals surface area contributed by atoms with Gasteiger partial charge in [0.05, 0.1) is 12.5 Å². The van der Waals surface area contributed by atoms with Crippen LogP contribution < -0.4 is 5.73 Å². The van der Waals surface area contributed by atoms with E-state index in [0.29, 0.717) is 0 Å².